The van der Waals surface area contributed by atoms with E-state index in [4.69, 9.17) is 10.1 Å². The predicted octanol–water partition coefficient (Wildman–Crippen LogP) is 2.80. The van der Waals surface area contributed by atoms with Crippen LogP contribution in [0.25, 0.3) is 0 Å². The van der Waals surface area contributed by atoms with Crippen LogP contribution in [0.2, 0.25) is 0 Å². The molecule has 0 radical (unpaired) electrons. The van der Waals surface area contributed by atoms with Crippen LogP contribution in [-0.2, 0) is 20.9 Å². The van der Waals surface area contributed by atoms with Crippen molar-refractivity contribution >= 4 is 23.3 Å². The Morgan fingerprint density at radius 3 is 2.13 bits per heavy atom. The van der Waals surface area contributed by atoms with Crippen molar-refractivity contribution < 1.29 is 14.3 Å². The fourth-order valence-electron chi connectivity index (χ4n) is 2.08. The molecule has 2 aromatic rings. The summed E-state index contributed by atoms with van der Waals surface area (Å²) >= 11 is 0. The largest absolute Gasteiger partial charge is 0.461 e. The van der Waals surface area contributed by atoms with E-state index in [1.165, 1.54) is 4.90 Å². The first-order valence-electron chi connectivity index (χ1n) is 7.30. The van der Waals surface area contributed by atoms with Crippen LogP contribution in [0.1, 0.15) is 12.5 Å². The summed E-state index contributed by atoms with van der Waals surface area (Å²) in [7, 11) is 0. The summed E-state index contributed by atoms with van der Waals surface area (Å²) in [4.78, 5) is 25.6. The number of carbonyl (C=O) groups excluding carboxylic acids is 2. The highest BCUT2D eigenvalue weighted by molar-refractivity contribution is 6.65. The molecule has 1 N–H and O–H groups in total. The number of nitrogens with zero attached hydrogens (tertiary/aromatic N) is 1. The molecule has 0 atom stereocenters. The quantitative estimate of drug-likeness (QED) is 0.506. The second-order valence-corrected chi connectivity index (χ2v) is 4.81. The van der Waals surface area contributed by atoms with E-state index in [-0.39, 0.29) is 13.2 Å². The molecule has 0 aliphatic rings. The lowest BCUT2D eigenvalue weighted by atomic mass is 10.1. The minimum absolute atomic E-state index is 0.124. The number of carbonyl (C=O) groups is 2. The third-order valence-corrected chi connectivity index (χ3v) is 3.19. The van der Waals surface area contributed by atoms with Gasteiger partial charge in [-0.3, -0.25) is 10.2 Å². The number of hydrogen-bond acceptors (Lipinski definition) is 4. The van der Waals surface area contributed by atoms with Gasteiger partial charge in [0.2, 0.25) is 5.71 Å². The lowest BCUT2D eigenvalue weighted by Gasteiger charge is -2.22. The van der Waals surface area contributed by atoms with E-state index < -0.39 is 17.6 Å². The first-order valence-corrected chi connectivity index (χ1v) is 7.30. The molecule has 2 aromatic carbocycles. The molecule has 118 valence electrons. The average molecular weight is 310 g/mol. The third kappa shape index (κ3) is 4.26. The number of hydrogen-bond donors (Lipinski definition) is 1. The van der Waals surface area contributed by atoms with Crippen molar-refractivity contribution in [3.8, 4) is 0 Å². The molecule has 0 saturated heterocycles. The predicted molar refractivity (Wildman–Crippen MR) is 88.4 cm³/mol. The maximum atomic E-state index is 12.6. The van der Waals surface area contributed by atoms with Crippen molar-refractivity contribution in [1.29, 1.82) is 5.41 Å². The Kier molecular flexibility index (Phi) is 5.63. The third-order valence-electron chi connectivity index (χ3n) is 3.19. The normalized spacial score (nSPS) is 9.96. The molecule has 0 aliphatic carbocycles. The van der Waals surface area contributed by atoms with Gasteiger partial charge in [-0.1, -0.05) is 48.5 Å². The number of rotatable bonds is 6. The Balaban J connectivity index is 2.28. The average Bonchev–Trinajstić information content (AvgIpc) is 2.60. The SMILES string of the molecule is CCOC(=O)C(=N)C(=O)N(Cc1ccccc1)c1ccccc1. The standard InChI is InChI=1S/C18H18N2O3/c1-2-23-18(22)16(19)17(21)20(15-11-7-4-8-12-15)13-14-9-5-3-6-10-14/h3-12,19H,2,13H2,1H3. The first-order chi connectivity index (χ1) is 11.1. The molecule has 23 heavy (non-hydrogen) atoms. The molecular formula is C18H18N2O3. The smallest absolute Gasteiger partial charge is 0.362 e. The van der Waals surface area contributed by atoms with Crippen molar-refractivity contribution in [2.24, 2.45) is 0 Å². The molecule has 0 aliphatic heterocycles. The van der Waals surface area contributed by atoms with Gasteiger partial charge in [0, 0.05) is 5.69 Å². The van der Waals surface area contributed by atoms with Crippen molar-refractivity contribution in [3.05, 3.63) is 66.2 Å². The zero-order valence-corrected chi connectivity index (χ0v) is 12.9. The number of ether oxygens (including phenoxy) is 1. The molecule has 5 nitrogen and oxygen atoms in total. The summed E-state index contributed by atoms with van der Waals surface area (Å²) in [5, 5.41) is 7.78. The van der Waals surface area contributed by atoms with Gasteiger partial charge < -0.3 is 9.64 Å². The van der Waals surface area contributed by atoms with E-state index in [9.17, 15) is 9.59 Å². The van der Waals surface area contributed by atoms with Crippen LogP contribution in [0.3, 0.4) is 0 Å². The highest BCUT2D eigenvalue weighted by Gasteiger charge is 2.26. The summed E-state index contributed by atoms with van der Waals surface area (Å²) in [6.07, 6.45) is 0. The van der Waals surface area contributed by atoms with Gasteiger partial charge in [-0.25, -0.2) is 4.79 Å². The molecule has 1 amide bonds. The second kappa shape index (κ2) is 7.89. The maximum absolute atomic E-state index is 12.6. The van der Waals surface area contributed by atoms with Gasteiger partial charge in [0.25, 0.3) is 5.91 Å². The lowest BCUT2D eigenvalue weighted by Crippen LogP contribution is -2.40. The summed E-state index contributed by atoms with van der Waals surface area (Å²) < 4.78 is 4.75. The Hall–Kier alpha value is -2.95. The summed E-state index contributed by atoms with van der Waals surface area (Å²) in [5.74, 6) is -1.59. The van der Waals surface area contributed by atoms with E-state index in [1.807, 2.05) is 36.4 Å². The van der Waals surface area contributed by atoms with Gasteiger partial charge >= 0.3 is 5.97 Å². The number of para-hydroxylation sites is 1. The minimum Gasteiger partial charge on any atom is -0.461 e. The minimum atomic E-state index is -0.911. The Labute approximate surface area is 135 Å². The molecule has 0 unspecified atom stereocenters. The molecule has 5 heteroatoms. The molecule has 0 aromatic heterocycles. The van der Waals surface area contributed by atoms with Crippen LogP contribution < -0.4 is 4.90 Å². The van der Waals surface area contributed by atoms with Crippen LogP contribution >= 0.6 is 0 Å². The van der Waals surface area contributed by atoms with Crippen LogP contribution in [-0.4, -0.2) is 24.2 Å². The second-order valence-electron chi connectivity index (χ2n) is 4.81. The molecule has 2 rings (SSSR count). The van der Waals surface area contributed by atoms with E-state index in [0.29, 0.717) is 5.69 Å². The van der Waals surface area contributed by atoms with Crippen LogP contribution in [0, 0.1) is 5.41 Å². The fraction of sp³-hybridized carbons (Fsp3) is 0.167. The molecule has 0 fully saturated rings. The monoisotopic (exact) mass is 310 g/mol. The molecule has 0 saturated carbocycles. The maximum Gasteiger partial charge on any atom is 0.362 e. The molecule has 0 heterocycles. The lowest BCUT2D eigenvalue weighted by molar-refractivity contribution is -0.135. The van der Waals surface area contributed by atoms with E-state index in [0.717, 1.165) is 5.56 Å². The fourth-order valence-corrected chi connectivity index (χ4v) is 2.08. The van der Waals surface area contributed by atoms with Gasteiger partial charge in [0.1, 0.15) is 0 Å². The van der Waals surface area contributed by atoms with Crippen molar-refractivity contribution in [1.82, 2.24) is 0 Å². The van der Waals surface area contributed by atoms with E-state index >= 15 is 0 Å². The summed E-state index contributed by atoms with van der Waals surface area (Å²) in [6.45, 7) is 2.03. The van der Waals surface area contributed by atoms with Gasteiger partial charge in [-0.2, -0.15) is 0 Å². The number of benzene rings is 2. The van der Waals surface area contributed by atoms with Crippen molar-refractivity contribution in [3.63, 3.8) is 0 Å². The van der Waals surface area contributed by atoms with Crippen molar-refractivity contribution in [2.45, 2.75) is 13.5 Å². The van der Waals surface area contributed by atoms with Gasteiger partial charge in [0.15, 0.2) is 0 Å². The Morgan fingerprint density at radius 1 is 1.00 bits per heavy atom. The number of esters is 1. The van der Waals surface area contributed by atoms with Crippen LogP contribution in [0.15, 0.2) is 60.7 Å². The molecular weight excluding hydrogens is 292 g/mol. The van der Waals surface area contributed by atoms with Crippen LogP contribution in [0.5, 0.6) is 0 Å². The number of anilines is 1. The van der Waals surface area contributed by atoms with Gasteiger partial charge in [-0.15, -0.1) is 0 Å². The Morgan fingerprint density at radius 2 is 1.57 bits per heavy atom. The van der Waals surface area contributed by atoms with Crippen LogP contribution in [0.4, 0.5) is 5.69 Å². The van der Waals surface area contributed by atoms with Gasteiger partial charge in [-0.05, 0) is 24.6 Å². The number of amides is 1. The van der Waals surface area contributed by atoms with Gasteiger partial charge in [0.05, 0.1) is 13.2 Å². The first kappa shape index (κ1) is 16.4. The molecule has 0 bridgehead atoms. The summed E-state index contributed by atoms with van der Waals surface area (Å²) in [5.41, 5.74) is 0.850. The highest BCUT2D eigenvalue weighted by Crippen LogP contribution is 2.17. The zero-order valence-electron chi connectivity index (χ0n) is 12.9. The van der Waals surface area contributed by atoms with E-state index in [2.05, 4.69) is 0 Å². The Bertz CT molecular complexity index is 684. The van der Waals surface area contributed by atoms with Crippen molar-refractivity contribution in [2.75, 3.05) is 11.5 Å². The summed E-state index contributed by atoms with van der Waals surface area (Å²) in [6, 6.07) is 18.4. The van der Waals surface area contributed by atoms with E-state index in [1.54, 1.807) is 31.2 Å². The zero-order chi connectivity index (χ0) is 16.7. The number of nitrogens with one attached hydrogen (secondary N) is 1. The molecule has 0 spiro atoms. The topological polar surface area (TPSA) is 70.5 Å². The highest BCUT2D eigenvalue weighted by atomic mass is 16.5.